The Balaban J connectivity index is 2.06. The van der Waals surface area contributed by atoms with E-state index in [0.29, 0.717) is 11.6 Å². The van der Waals surface area contributed by atoms with Gasteiger partial charge in [-0.3, -0.25) is 4.90 Å². The minimum absolute atomic E-state index is 0.0801. The second kappa shape index (κ2) is 8.49. The number of carbonyl (C=O) groups is 1. The van der Waals surface area contributed by atoms with E-state index in [-0.39, 0.29) is 12.1 Å². The summed E-state index contributed by atoms with van der Waals surface area (Å²) >= 11 is 10.9. The largest absolute Gasteiger partial charge is 0.444 e. The van der Waals surface area contributed by atoms with Crippen molar-refractivity contribution in [2.24, 2.45) is 4.99 Å². The van der Waals surface area contributed by atoms with Crippen LogP contribution in [-0.2, 0) is 11.3 Å². The molecule has 0 aliphatic carbocycles. The Labute approximate surface area is 166 Å². The standard InChI is InChI=1S/C19H26ClN3O2S/c1-13-10-22(6-7-23(13)18(24)25-19(3,4)5)11-15-8-16(20)9-17(14(15)2)21-12-26/h8-9,13H,6-7,10-11H2,1-5H3/t13-/m0/s1. The molecule has 1 aromatic carbocycles. The van der Waals surface area contributed by atoms with E-state index in [9.17, 15) is 4.79 Å². The number of ether oxygens (including phenoxy) is 1. The molecular formula is C19H26ClN3O2S. The molecule has 1 fully saturated rings. The van der Waals surface area contributed by atoms with Crippen LogP contribution >= 0.6 is 23.8 Å². The Morgan fingerprint density at radius 2 is 2.12 bits per heavy atom. The summed E-state index contributed by atoms with van der Waals surface area (Å²) in [7, 11) is 0. The molecule has 0 aromatic heterocycles. The molecule has 1 amide bonds. The van der Waals surface area contributed by atoms with Crippen molar-refractivity contribution in [1.29, 1.82) is 0 Å². The lowest BCUT2D eigenvalue weighted by Gasteiger charge is -2.40. The molecule has 2 rings (SSSR count). The lowest BCUT2D eigenvalue weighted by atomic mass is 10.1. The van der Waals surface area contributed by atoms with Crippen molar-refractivity contribution >= 4 is 40.8 Å². The monoisotopic (exact) mass is 395 g/mol. The molecule has 1 saturated heterocycles. The summed E-state index contributed by atoms with van der Waals surface area (Å²) in [6, 6.07) is 3.84. The molecule has 5 nitrogen and oxygen atoms in total. The molecule has 7 heteroatoms. The number of piperazine rings is 1. The maximum atomic E-state index is 12.3. The molecule has 0 unspecified atom stereocenters. The van der Waals surface area contributed by atoms with Crippen molar-refractivity contribution < 1.29 is 9.53 Å². The van der Waals surface area contributed by atoms with E-state index in [0.717, 1.165) is 36.4 Å². The number of carbonyl (C=O) groups excluding carboxylic acids is 1. The van der Waals surface area contributed by atoms with Gasteiger partial charge in [-0.1, -0.05) is 11.6 Å². The number of aliphatic imine (C=N–C) groups is 1. The van der Waals surface area contributed by atoms with Crippen LogP contribution in [-0.4, -0.2) is 52.3 Å². The van der Waals surface area contributed by atoms with Crippen LogP contribution in [0.25, 0.3) is 0 Å². The predicted molar refractivity (Wildman–Crippen MR) is 109 cm³/mol. The summed E-state index contributed by atoms with van der Waals surface area (Å²) in [6.07, 6.45) is -0.249. The number of amides is 1. The first-order chi connectivity index (χ1) is 12.1. The minimum Gasteiger partial charge on any atom is -0.444 e. The predicted octanol–water partition coefficient (Wildman–Crippen LogP) is 4.82. The molecule has 142 valence electrons. The third kappa shape index (κ3) is 5.52. The molecular weight excluding hydrogens is 370 g/mol. The van der Waals surface area contributed by atoms with Crippen molar-refractivity contribution in [2.75, 3.05) is 19.6 Å². The molecule has 0 spiro atoms. The van der Waals surface area contributed by atoms with Gasteiger partial charge in [0.1, 0.15) is 5.60 Å². The van der Waals surface area contributed by atoms with Gasteiger partial charge in [0.25, 0.3) is 0 Å². The maximum absolute atomic E-state index is 12.3. The highest BCUT2D eigenvalue weighted by Gasteiger charge is 2.31. The second-order valence-electron chi connectivity index (χ2n) is 7.67. The fourth-order valence-electron chi connectivity index (χ4n) is 3.06. The summed E-state index contributed by atoms with van der Waals surface area (Å²) in [5.41, 5.74) is 2.43. The first kappa shape index (κ1) is 20.8. The quantitative estimate of drug-likeness (QED) is 0.543. The van der Waals surface area contributed by atoms with Gasteiger partial charge in [0.15, 0.2) is 0 Å². The number of halogens is 1. The molecule has 0 N–H and O–H groups in total. The number of hydrogen-bond acceptors (Lipinski definition) is 5. The maximum Gasteiger partial charge on any atom is 0.410 e. The van der Waals surface area contributed by atoms with Crippen LogP contribution in [0.15, 0.2) is 17.1 Å². The van der Waals surface area contributed by atoms with Crippen molar-refractivity contribution in [1.82, 2.24) is 9.80 Å². The van der Waals surface area contributed by atoms with Crippen LogP contribution in [0.2, 0.25) is 5.02 Å². The Morgan fingerprint density at radius 1 is 1.42 bits per heavy atom. The minimum atomic E-state index is -0.482. The third-order valence-electron chi connectivity index (χ3n) is 4.35. The van der Waals surface area contributed by atoms with Crippen LogP contribution in [0.3, 0.4) is 0 Å². The van der Waals surface area contributed by atoms with Gasteiger partial charge in [0, 0.05) is 37.2 Å². The van der Waals surface area contributed by atoms with E-state index >= 15 is 0 Å². The third-order valence-corrected chi connectivity index (χ3v) is 4.66. The van der Waals surface area contributed by atoms with Crippen molar-refractivity contribution in [2.45, 2.75) is 52.8 Å². The Bertz CT molecular complexity index is 726. The summed E-state index contributed by atoms with van der Waals surface area (Å²) in [5, 5.41) is 3.04. The smallest absolute Gasteiger partial charge is 0.410 e. The Hall–Kier alpha value is -1.46. The summed E-state index contributed by atoms with van der Waals surface area (Å²) < 4.78 is 5.50. The molecule has 1 aromatic rings. The van der Waals surface area contributed by atoms with Gasteiger partial charge in [-0.2, -0.15) is 4.99 Å². The average Bonchev–Trinajstić information content (AvgIpc) is 2.50. The van der Waals surface area contributed by atoms with Gasteiger partial charge >= 0.3 is 6.09 Å². The Morgan fingerprint density at radius 3 is 2.69 bits per heavy atom. The SMILES string of the molecule is Cc1c(CN2CCN(C(=O)OC(C)(C)C)[C@@H](C)C2)cc(Cl)cc1N=C=S. The zero-order valence-corrected chi connectivity index (χ0v) is 17.6. The van der Waals surface area contributed by atoms with E-state index in [1.807, 2.05) is 40.7 Å². The van der Waals surface area contributed by atoms with Crippen LogP contribution in [0.5, 0.6) is 0 Å². The van der Waals surface area contributed by atoms with Crippen LogP contribution in [0.1, 0.15) is 38.8 Å². The number of nitrogens with zero attached hydrogens (tertiary/aromatic N) is 3. The molecule has 1 aliphatic heterocycles. The van der Waals surface area contributed by atoms with Gasteiger partial charge in [-0.15, -0.1) is 0 Å². The summed E-state index contributed by atoms with van der Waals surface area (Å²) in [6.45, 7) is 12.6. The van der Waals surface area contributed by atoms with Gasteiger partial charge in [-0.25, -0.2) is 4.79 Å². The number of hydrogen-bond donors (Lipinski definition) is 0. The molecule has 0 bridgehead atoms. The van der Waals surface area contributed by atoms with E-state index in [1.165, 1.54) is 0 Å². The van der Waals surface area contributed by atoms with E-state index in [1.54, 1.807) is 11.0 Å². The topological polar surface area (TPSA) is 45.1 Å². The second-order valence-corrected chi connectivity index (χ2v) is 8.29. The lowest BCUT2D eigenvalue weighted by Crippen LogP contribution is -2.54. The molecule has 1 atom stereocenters. The number of thiocarbonyl (C=S) groups is 1. The zero-order valence-electron chi connectivity index (χ0n) is 16.0. The average molecular weight is 396 g/mol. The van der Waals surface area contributed by atoms with E-state index in [2.05, 4.69) is 15.1 Å². The van der Waals surface area contributed by atoms with Crippen LogP contribution in [0, 0.1) is 6.92 Å². The van der Waals surface area contributed by atoms with E-state index in [4.69, 9.17) is 28.6 Å². The zero-order chi connectivity index (χ0) is 19.5. The molecule has 26 heavy (non-hydrogen) atoms. The Kier molecular flexibility index (Phi) is 6.80. The molecule has 0 radical (unpaired) electrons. The van der Waals surface area contributed by atoms with Crippen molar-refractivity contribution in [3.05, 3.63) is 28.3 Å². The first-order valence-corrected chi connectivity index (χ1v) is 9.48. The van der Waals surface area contributed by atoms with Crippen LogP contribution < -0.4 is 0 Å². The number of rotatable bonds is 3. The highest BCUT2D eigenvalue weighted by Crippen LogP contribution is 2.28. The van der Waals surface area contributed by atoms with Gasteiger partial charge < -0.3 is 9.64 Å². The normalized spacial score (nSPS) is 18.4. The van der Waals surface area contributed by atoms with Gasteiger partial charge in [-0.05, 0) is 70.1 Å². The summed E-state index contributed by atoms with van der Waals surface area (Å²) in [4.78, 5) is 20.6. The fraction of sp³-hybridized carbons (Fsp3) is 0.579. The highest BCUT2D eigenvalue weighted by atomic mass is 35.5. The molecule has 1 aliphatic rings. The van der Waals surface area contributed by atoms with Gasteiger partial charge in [0.05, 0.1) is 10.8 Å². The number of benzene rings is 1. The fourth-order valence-corrected chi connectivity index (χ4v) is 3.39. The van der Waals surface area contributed by atoms with Gasteiger partial charge in [0.2, 0.25) is 0 Å². The molecule has 0 saturated carbocycles. The first-order valence-electron chi connectivity index (χ1n) is 8.69. The van der Waals surface area contributed by atoms with Crippen molar-refractivity contribution in [3.8, 4) is 0 Å². The lowest BCUT2D eigenvalue weighted by molar-refractivity contribution is 0.000543. The van der Waals surface area contributed by atoms with E-state index < -0.39 is 5.60 Å². The summed E-state index contributed by atoms with van der Waals surface area (Å²) in [5.74, 6) is 0. The molecule has 1 heterocycles. The van der Waals surface area contributed by atoms with Crippen LogP contribution in [0.4, 0.5) is 10.5 Å². The highest BCUT2D eigenvalue weighted by molar-refractivity contribution is 7.78. The van der Waals surface area contributed by atoms with Crippen molar-refractivity contribution in [3.63, 3.8) is 0 Å². The number of isothiocyanates is 1.